The zero-order valence-electron chi connectivity index (χ0n) is 11.0. The molecule has 1 aliphatic heterocycles. The van der Waals surface area contributed by atoms with Crippen molar-refractivity contribution in [1.82, 2.24) is 5.32 Å². The molecule has 2 rings (SSSR count). The normalized spacial score (nSPS) is 22.0. The minimum Gasteiger partial charge on any atom is -0.479 e. The van der Waals surface area contributed by atoms with Gasteiger partial charge in [-0.25, -0.2) is 9.59 Å². The van der Waals surface area contributed by atoms with Crippen LogP contribution in [0.2, 0.25) is 0 Å². The van der Waals surface area contributed by atoms with Crippen LogP contribution in [-0.4, -0.2) is 34.2 Å². The van der Waals surface area contributed by atoms with Crippen LogP contribution in [0.5, 0.6) is 0 Å². The van der Waals surface area contributed by atoms with Gasteiger partial charge in [0.1, 0.15) is 12.1 Å². The van der Waals surface area contributed by atoms with Gasteiger partial charge in [0.2, 0.25) is 0 Å². The van der Waals surface area contributed by atoms with Crippen LogP contribution in [0.1, 0.15) is 18.4 Å². The summed E-state index contributed by atoms with van der Waals surface area (Å²) in [5, 5.41) is 11.9. The molecule has 5 nitrogen and oxygen atoms in total. The fraction of sp³-hybridized carbons (Fsp3) is 0.429. The fourth-order valence-corrected chi connectivity index (χ4v) is 3.25. The molecule has 0 aromatic heterocycles. The predicted octanol–water partition coefficient (Wildman–Crippen LogP) is 2.26. The van der Waals surface area contributed by atoms with Gasteiger partial charge in [0.05, 0.1) is 0 Å². The number of thioether (sulfide) groups is 1. The second-order valence-electron chi connectivity index (χ2n) is 4.73. The maximum atomic E-state index is 11.8. The van der Waals surface area contributed by atoms with Gasteiger partial charge >= 0.3 is 12.1 Å². The molecular formula is C14H17NO4S. The lowest BCUT2D eigenvalue weighted by atomic mass is 9.96. The summed E-state index contributed by atoms with van der Waals surface area (Å²) in [6.45, 7) is 0.134. The van der Waals surface area contributed by atoms with E-state index in [1.165, 1.54) is 11.8 Å². The summed E-state index contributed by atoms with van der Waals surface area (Å²) < 4.78 is 5.08. The molecule has 0 saturated carbocycles. The molecular weight excluding hydrogens is 278 g/mol. The number of carboxylic acid groups (broad SMARTS) is 1. The Hall–Kier alpha value is -1.69. The topological polar surface area (TPSA) is 75.6 Å². The zero-order valence-corrected chi connectivity index (χ0v) is 11.8. The number of carbonyl (C=O) groups excluding carboxylic acids is 1. The number of amides is 1. The van der Waals surface area contributed by atoms with Gasteiger partial charge < -0.3 is 15.2 Å². The minimum atomic E-state index is -1.20. The Labute approximate surface area is 121 Å². The third-order valence-corrected chi connectivity index (χ3v) is 4.48. The van der Waals surface area contributed by atoms with Gasteiger partial charge in [-0.05, 0) is 24.2 Å². The van der Waals surface area contributed by atoms with Crippen molar-refractivity contribution < 1.29 is 19.4 Å². The molecule has 1 aliphatic rings. The molecule has 0 unspecified atom stereocenters. The first kappa shape index (κ1) is 14.7. The van der Waals surface area contributed by atoms with Crippen LogP contribution in [0.4, 0.5) is 4.79 Å². The monoisotopic (exact) mass is 295 g/mol. The summed E-state index contributed by atoms with van der Waals surface area (Å²) in [5.74, 6) is 0.305. The number of hydrogen-bond acceptors (Lipinski definition) is 4. The smallest absolute Gasteiger partial charge is 0.408 e. The Morgan fingerprint density at radius 2 is 2.10 bits per heavy atom. The molecule has 1 atom stereocenters. The summed E-state index contributed by atoms with van der Waals surface area (Å²) >= 11 is 1.54. The van der Waals surface area contributed by atoms with E-state index in [4.69, 9.17) is 4.74 Å². The van der Waals surface area contributed by atoms with Crippen LogP contribution >= 0.6 is 11.8 Å². The van der Waals surface area contributed by atoms with E-state index in [9.17, 15) is 14.7 Å². The van der Waals surface area contributed by atoms with Crippen molar-refractivity contribution in [2.24, 2.45) is 0 Å². The van der Waals surface area contributed by atoms with E-state index in [-0.39, 0.29) is 6.61 Å². The summed E-state index contributed by atoms with van der Waals surface area (Å²) in [7, 11) is 0. The minimum absolute atomic E-state index is 0.134. The number of nitrogens with one attached hydrogen (secondary N) is 1. The Balaban J connectivity index is 1.90. The lowest BCUT2D eigenvalue weighted by Crippen LogP contribution is -2.57. The number of alkyl carbamates (subject to hydrolysis) is 1. The molecule has 1 amide bonds. The average molecular weight is 295 g/mol. The molecule has 0 radical (unpaired) electrons. The second kappa shape index (κ2) is 6.65. The van der Waals surface area contributed by atoms with E-state index >= 15 is 0 Å². The molecule has 1 aromatic carbocycles. The lowest BCUT2D eigenvalue weighted by Gasteiger charge is -2.32. The number of carbonyl (C=O) groups is 2. The summed E-state index contributed by atoms with van der Waals surface area (Å²) in [6.07, 6.45) is 0.532. The van der Waals surface area contributed by atoms with E-state index in [1.807, 2.05) is 30.3 Å². The van der Waals surface area contributed by atoms with Crippen LogP contribution in [0, 0.1) is 0 Å². The third kappa shape index (κ3) is 3.66. The van der Waals surface area contributed by atoms with E-state index in [0.717, 1.165) is 17.7 Å². The van der Waals surface area contributed by atoms with E-state index in [2.05, 4.69) is 5.32 Å². The first-order valence-electron chi connectivity index (χ1n) is 6.42. The van der Waals surface area contributed by atoms with E-state index < -0.39 is 17.6 Å². The van der Waals surface area contributed by atoms with Crippen molar-refractivity contribution in [1.29, 1.82) is 0 Å². The number of ether oxygens (including phenoxy) is 1. The summed E-state index contributed by atoms with van der Waals surface area (Å²) in [4.78, 5) is 23.2. The Kier molecular flexibility index (Phi) is 4.89. The Bertz CT molecular complexity index is 471. The molecule has 0 spiro atoms. The molecule has 1 fully saturated rings. The van der Waals surface area contributed by atoms with Gasteiger partial charge in [-0.3, -0.25) is 0 Å². The van der Waals surface area contributed by atoms with Gasteiger partial charge in [-0.1, -0.05) is 30.3 Å². The number of aliphatic carboxylic acids is 1. The number of rotatable bonds is 4. The standard InChI is InChI=1S/C14H17NO4S/c16-12(17)14(7-4-8-20-10-14)15-13(18)19-9-11-5-2-1-3-6-11/h1-3,5-6H,4,7-10H2,(H,15,18)(H,16,17)/t14-/m0/s1. The number of hydrogen-bond donors (Lipinski definition) is 2. The Morgan fingerprint density at radius 3 is 2.70 bits per heavy atom. The largest absolute Gasteiger partial charge is 0.479 e. The highest BCUT2D eigenvalue weighted by Crippen LogP contribution is 2.27. The molecule has 1 aromatic rings. The zero-order chi connectivity index (χ0) is 14.4. The second-order valence-corrected chi connectivity index (χ2v) is 5.84. The molecule has 0 bridgehead atoms. The van der Waals surface area contributed by atoms with Crippen LogP contribution in [-0.2, 0) is 16.1 Å². The maximum absolute atomic E-state index is 11.8. The summed E-state index contributed by atoms with van der Waals surface area (Å²) in [6, 6.07) is 9.27. The van der Waals surface area contributed by atoms with Crippen LogP contribution in [0.15, 0.2) is 30.3 Å². The van der Waals surface area contributed by atoms with Gasteiger partial charge in [-0.15, -0.1) is 0 Å². The van der Waals surface area contributed by atoms with Crippen LogP contribution in [0.3, 0.4) is 0 Å². The maximum Gasteiger partial charge on any atom is 0.408 e. The van der Waals surface area contributed by atoms with Crippen LogP contribution < -0.4 is 5.32 Å². The van der Waals surface area contributed by atoms with Gasteiger partial charge in [0.25, 0.3) is 0 Å². The first-order valence-corrected chi connectivity index (χ1v) is 7.58. The third-order valence-electron chi connectivity index (χ3n) is 3.20. The van der Waals surface area contributed by atoms with Crippen LogP contribution in [0.25, 0.3) is 0 Å². The highest BCUT2D eigenvalue weighted by molar-refractivity contribution is 7.99. The molecule has 2 N–H and O–H groups in total. The SMILES string of the molecule is O=C(N[C@@]1(C(=O)O)CCCSC1)OCc1ccccc1. The van der Waals surface area contributed by atoms with Crippen molar-refractivity contribution in [3.8, 4) is 0 Å². The molecule has 108 valence electrons. The first-order chi connectivity index (χ1) is 9.62. The lowest BCUT2D eigenvalue weighted by molar-refractivity contribution is -0.144. The fourth-order valence-electron chi connectivity index (χ4n) is 2.07. The molecule has 20 heavy (non-hydrogen) atoms. The summed E-state index contributed by atoms with van der Waals surface area (Å²) in [5.41, 5.74) is -0.332. The van der Waals surface area contributed by atoms with Crippen molar-refractivity contribution in [3.05, 3.63) is 35.9 Å². The molecule has 0 aliphatic carbocycles. The van der Waals surface area contributed by atoms with Crippen molar-refractivity contribution in [3.63, 3.8) is 0 Å². The van der Waals surface area contributed by atoms with E-state index in [0.29, 0.717) is 12.2 Å². The predicted molar refractivity (Wildman–Crippen MR) is 76.7 cm³/mol. The van der Waals surface area contributed by atoms with Crippen molar-refractivity contribution in [2.45, 2.75) is 25.0 Å². The number of benzene rings is 1. The molecule has 6 heteroatoms. The molecule has 1 saturated heterocycles. The van der Waals surface area contributed by atoms with E-state index in [1.54, 1.807) is 0 Å². The van der Waals surface area contributed by atoms with Crippen molar-refractivity contribution >= 4 is 23.8 Å². The highest BCUT2D eigenvalue weighted by atomic mass is 32.2. The highest BCUT2D eigenvalue weighted by Gasteiger charge is 2.42. The van der Waals surface area contributed by atoms with Gasteiger partial charge in [0, 0.05) is 5.75 Å². The molecule has 1 heterocycles. The Morgan fingerprint density at radius 1 is 1.35 bits per heavy atom. The average Bonchev–Trinajstić information content (AvgIpc) is 2.47. The number of carboxylic acids is 1. The quantitative estimate of drug-likeness (QED) is 0.891. The van der Waals surface area contributed by atoms with Crippen molar-refractivity contribution in [2.75, 3.05) is 11.5 Å². The van der Waals surface area contributed by atoms with Gasteiger partial charge in [-0.2, -0.15) is 11.8 Å². The van der Waals surface area contributed by atoms with Gasteiger partial charge in [0.15, 0.2) is 0 Å².